The standard InChI is InChI=1S/C28H27NO4/c1-17-9-12-26(32)28(20(17)4)33-27-8-6-5-7-23(27)29(21-10-13-24(30)18(2)15-21)22-11-14-25(31)19(3)16-22/h5-16,30-32H,1-4H3. The van der Waals surface area contributed by atoms with E-state index in [-0.39, 0.29) is 17.2 Å². The van der Waals surface area contributed by atoms with E-state index in [0.717, 1.165) is 39.3 Å². The van der Waals surface area contributed by atoms with Crippen LogP contribution < -0.4 is 9.64 Å². The number of phenolic OH excluding ortho intramolecular Hbond substituents is 3. The number of para-hydroxylation sites is 2. The molecule has 0 aliphatic heterocycles. The van der Waals surface area contributed by atoms with E-state index < -0.39 is 0 Å². The van der Waals surface area contributed by atoms with Crippen molar-refractivity contribution < 1.29 is 20.1 Å². The lowest BCUT2D eigenvalue weighted by Crippen LogP contribution is -2.11. The van der Waals surface area contributed by atoms with Crippen LogP contribution in [0.2, 0.25) is 0 Å². The van der Waals surface area contributed by atoms with E-state index in [0.29, 0.717) is 11.5 Å². The molecule has 0 amide bonds. The number of hydrogen-bond acceptors (Lipinski definition) is 5. The molecule has 0 aliphatic rings. The minimum Gasteiger partial charge on any atom is -0.508 e. The molecule has 4 aromatic carbocycles. The topological polar surface area (TPSA) is 73.2 Å². The van der Waals surface area contributed by atoms with E-state index in [1.165, 1.54) is 0 Å². The summed E-state index contributed by atoms with van der Waals surface area (Å²) in [7, 11) is 0. The number of benzene rings is 4. The Morgan fingerprint density at radius 2 is 1.15 bits per heavy atom. The van der Waals surface area contributed by atoms with Crippen molar-refractivity contribution in [2.45, 2.75) is 27.7 Å². The first kappa shape index (κ1) is 22.1. The van der Waals surface area contributed by atoms with Gasteiger partial charge in [-0.15, -0.1) is 0 Å². The van der Waals surface area contributed by atoms with Gasteiger partial charge in [0.05, 0.1) is 5.69 Å². The molecule has 0 radical (unpaired) electrons. The summed E-state index contributed by atoms with van der Waals surface area (Å²) >= 11 is 0. The van der Waals surface area contributed by atoms with E-state index >= 15 is 0 Å². The van der Waals surface area contributed by atoms with Crippen molar-refractivity contribution in [1.82, 2.24) is 0 Å². The van der Waals surface area contributed by atoms with Crippen molar-refractivity contribution in [2.24, 2.45) is 0 Å². The third kappa shape index (κ3) is 4.30. The molecule has 168 valence electrons. The first-order valence-corrected chi connectivity index (χ1v) is 10.7. The van der Waals surface area contributed by atoms with Gasteiger partial charge in [-0.25, -0.2) is 0 Å². The molecular formula is C28H27NO4. The molecule has 0 saturated carbocycles. The van der Waals surface area contributed by atoms with Gasteiger partial charge in [-0.05, 0) is 105 Å². The molecule has 0 bridgehead atoms. The third-order valence-corrected chi connectivity index (χ3v) is 5.85. The Hall–Kier alpha value is -4.12. The summed E-state index contributed by atoms with van der Waals surface area (Å²) in [5.74, 6) is 1.46. The lowest BCUT2D eigenvalue weighted by molar-refractivity contribution is 0.409. The van der Waals surface area contributed by atoms with E-state index in [1.807, 2.05) is 87.2 Å². The fourth-order valence-corrected chi connectivity index (χ4v) is 3.73. The van der Waals surface area contributed by atoms with Crippen molar-refractivity contribution >= 4 is 17.1 Å². The first-order chi connectivity index (χ1) is 15.8. The van der Waals surface area contributed by atoms with Crippen LogP contribution in [0.3, 0.4) is 0 Å². The van der Waals surface area contributed by atoms with Crippen LogP contribution in [-0.4, -0.2) is 15.3 Å². The summed E-state index contributed by atoms with van der Waals surface area (Å²) in [6.45, 7) is 7.57. The monoisotopic (exact) mass is 441 g/mol. The van der Waals surface area contributed by atoms with Crippen LogP contribution in [0.5, 0.6) is 28.7 Å². The van der Waals surface area contributed by atoms with Gasteiger partial charge in [-0.3, -0.25) is 0 Å². The third-order valence-electron chi connectivity index (χ3n) is 5.85. The number of hydrogen-bond donors (Lipinski definition) is 3. The quantitative estimate of drug-likeness (QED) is 0.303. The predicted octanol–water partition coefficient (Wildman–Crippen LogP) is 7.30. The number of rotatable bonds is 5. The first-order valence-electron chi connectivity index (χ1n) is 10.7. The molecule has 0 aliphatic carbocycles. The van der Waals surface area contributed by atoms with Crippen molar-refractivity contribution in [3.05, 3.63) is 95.1 Å². The summed E-state index contributed by atoms with van der Waals surface area (Å²) in [6.07, 6.45) is 0. The molecule has 3 N–H and O–H groups in total. The zero-order valence-electron chi connectivity index (χ0n) is 19.1. The molecular weight excluding hydrogens is 414 g/mol. The second kappa shape index (κ2) is 8.79. The Balaban J connectivity index is 1.91. The predicted molar refractivity (Wildman–Crippen MR) is 132 cm³/mol. The molecule has 5 nitrogen and oxygen atoms in total. The maximum atomic E-state index is 10.5. The highest BCUT2D eigenvalue weighted by Crippen LogP contribution is 2.45. The van der Waals surface area contributed by atoms with Crippen LogP contribution in [-0.2, 0) is 0 Å². The highest BCUT2D eigenvalue weighted by Gasteiger charge is 2.20. The van der Waals surface area contributed by atoms with E-state index in [4.69, 9.17) is 4.74 Å². The zero-order valence-corrected chi connectivity index (χ0v) is 19.1. The summed E-state index contributed by atoms with van der Waals surface area (Å²) in [5.41, 5.74) is 5.72. The Kier molecular flexibility index (Phi) is 5.88. The SMILES string of the molecule is Cc1cc(N(c2ccc(O)c(C)c2)c2ccccc2Oc2c(O)ccc(C)c2C)ccc1O. The average Bonchev–Trinajstić information content (AvgIpc) is 2.80. The fourth-order valence-electron chi connectivity index (χ4n) is 3.73. The molecule has 4 rings (SSSR count). The van der Waals surface area contributed by atoms with Crippen molar-refractivity contribution in [3.8, 4) is 28.7 Å². The normalized spacial score (nSPS) is 10.8. The second-order valence-electron chi connectivity index (χ2n) is 8.20. The highest BCUT2D eigenvalue weighted by atomic mass is 16.5. The summed E-state index contributed by atoms with van der Waals surface area (Å²) in [6, 6.07) is 21.8. The summed E-state index contributed by atoms with van der Waals surface area (Å²) < 4.78 is 6.29. The van der Waals surface area contributed by atoms with Crippen LogP contribution in [0.25, 0.3) is 0 Å². The molecule has 0 aromatic heterocycles. The van der Waals surface area contributed by atoms with Gasteiger partial charge in [0.25, 0.3) is 0 Å². The molecule has 0 unspecified atom stereocenters. The molecule has 0 spiro atoms. The summed E-state index contributed by atoms with van der Waals surface area (Å²) in [4.78, 5) is 2.00. The number of ether oxygens (including phenoxy) is 1. The maximum absolute atomic E-state index is 10.5. The number of phenols is 3. The van der Waals surface area contributed by atoms with Crippen LogP contribution in [0.4, 0.5) is 17.1 Å². The minimum atomic E-state index is 0.0698. The van der Waals surface area contributed by atoms with Crippen LogP contribution in [0, 0.1) is 27.7 Å². The van der Waals surface area contributed by atoms with Gasteiger partial charge in [0.15, 0.2) is 17.2 Å². The van der Waals surface area contributed by atoms with E-state index in [9.17, 15) is 15.3 Å². The van der Waals surface area contributed by atoms with Crippen LogP contribution >= 0.6 is 0 Å². The van der Waals surface area contributed by atoms with Crippen LogP contribution in [0.15, 0.2) is 72.8 Å². The maximum Gasteiger partial charge on any atom is 0.172 e. The van der Waals surface area contributed by atoms with E-state index in [1.54, 1.807) is 18.2 Å². The van der Waals surface area contributed by atoms with Gasteiger partial charge in [0.2, 0.25) is 0 Å². The zero-order chi connectivity index (χ0) is 23.7. The van der Waals surface area contributed by atoms with Crippen LogP contribution in [0.1, 0.15) is 22.3 Å². The number of aryl methyl sites for hydroxylation is 3. The Morgan fingerprint density at radius 3 is 1.73 bits per heavy atom. The molecule has 0 heterocycles. The average molecular weight is 442 g/mol. The van der Waals surface area contributed by atoms with Gasteiger partial charge < -0.3 is 25.0 Å². The van der Waals surface area contributed by atoms with E-state index in [2.05, 4.69) is 0 Å². The Morgan fingerprint density at radius 1 is 0.606 bits per heavy atom. The van der Waals surface area contributed by atoms with Crippen molar-refractivity contribution in [1.29, 1.82) is 0 Å². The van der Waals surface area contributed by atoms with Crippen molar-refractivity contribution in [2.75, 3.05) is 4.90 Å². The molecule has 0 atom stereocenters. The highest BCUT2D eigenvalue weighted by molar-refractivity contribution is 5.81. The lowest BCUT2D eigenvalue weighted by atomic mass is 10.1. The number of anilines is 3. The Bertz CT molecular complexity index is 1280. The van der Waals surface area contributed by atoms with Gasteiger partial charge in [-0.2, -0.15) is 0 Å². The fraction of sp³-hybridized carbons (Fsp3) is 0.143. The van der Waals surface area contributed by atoms with Gasteiger partial charge >= 0.3 is 0 Å². The lowest BCUT2D eigenvalue weighted by Gasteiger charge is -2.28. The molecule has 4 aromatic rings. The second-order valence-corrected chi connectivity index (χ2v) is 8.20. The van der Waals surface area contributed by atoms with Crippen molar-refractivity contribution in [3.63, 3.8) is 0 Å². The molecule has 5 heteroatoms. The van der Waals surface area contributed by atoms with Gasteiger partial charge in [0.1, 0.15) is 11.5 Å². The largest absolute Gasteiger partial charge is 0.508 e. The van der Waals surface area contributed by atoms with Gasteiger partial charge in [-0.1, -0.05) is 18.2 Å². The minimum absolute atomic E-state index is 0.0698. The molecule has 0 saturated heterocycles. The molecule has 0 fully saturated rings. The smallest absolute Gasteiger partial charge is 0.172 e. The van der Waals surface area contributed by atoms with Gasteiger partial charge in [0, 0.05) is 11.4 Å². The Labute approximate surface area is 193 Å². The number of aromatic hydroxyl groups is 3. The summed E-state index contributed by atoms with van der Waals surface area (Å²) in [5, 5.41) is 30.6. The molecule has 33 heavy (non-hydrogen) atoms. The number of nitrogens with zero attached hydrogens (tertiary/aromatic N) is 1.